The van der Waals surface area contributed by atoms with E-state index in [0.29, 0.717) is 196 Å². The van der Waals surface area contributed by atoms with Crippen LogP contribution in [0.15, 0.2) is 352 Å². The molecule has 0 radical (unpaired) electrons. The van der Waals surface area contributed by atoms with Gasteiger partial charge in [0.2, 0.25) is 0 Å². The highest BCUT2D eigenvalue weighted by Gasteiger charge is 2.45. The predicted molar refractivity (Wildman–Crippen MR) is 530 cm³/mol. The lowest BCUT2D eigenvalue weighted by Gasteiger charge is -2.23. The number of rotatable bonds is 13. The Kier molecular flexibility index (Phi) is 21.2. The van der Waals surface area contributed by atoms with Gasteiger partial charge in [0.15, 0.2) is 0 Å². The van der Waals surface area contributed by atoms with Crippen molar-refractivity contribution in [2.75, 3.05) is 0 Å². The summed E-state index contributed by atoms with van der Waals surface area (Å²) in [5, 5.41) is 92.8. The summed E-state index contributed by atoms with van der Waals surface area (Å²) in [4.78, 5) is 0. The molecule has 0 bridgehead atoms. The zero-order valence-corrected chi connectivity index (χ0v) is 74.4. The minimum atomic E-state index is -5.48. The van der Waals surface area contributed by atoms with Crippen molar-refractivity contribution >= 4 is 87.2 Å². The number of alkyl halides is 12. The second-order valence-electron chi connectivity index (χ2n) is 34.6. The van der Waals surface area contributed by atoms with Crippen LogP contribution in [0.2, 0.25) is 0 Å². The first-order valence-electron chi connectivity index (χ1n) is 44.7. The number of aromatic nitrogens is 4. The molecule has 0 saturated heterocycles. The lowest BCUT2D eigenvalue weighted by Crippen LogP contribution is -2.15. The second-order valence-corrected chi connectivity index (χ2v) is 34.6. The second kappa shape index (κ2) is 34.1. The van der Waals surface area contributed by atoms with Crippen molar-refractivity contribution in [1.82, 2.24) is 18.3 Å². The van der Waals surface area contributed by atoms with Gasteiger partial charge in [0.1, 0.15) is 6.07 Å². The average molecular weight is 1900 g/mol. The summed E-state index contributed by atoms with van der Waals surface area (Å²) in [7, 11) is 0. The molecule has 4 heterocycles. The summed E-state index contributed by atoms with van der Waals surface area (Å²) in [6.45, 7) is 0. The van der Waals surface area contributed by atoms with Crippen LogP contribution < -0.4 is 0 Å². The Hall–Kier alpha value is -19.8. The summed E-state index contributed by atoms with van der Waals surface area (Å²) < 4.78 is 197. The smallest absolute Gasteiger partial charge is 0.307 e. The van der Waals surface area contributed by atoms with E-state index in [0.717, 1.165) is 6.07 Å². The molecule has 0 fully saturated rings. The third-order valence-corrected chi connectivity index (χ3v) is 26.9. The molecule has 22 aromatic rings. The van der Waals surface area contributed by atoms with Crippen LogP contribution in [0, 0.1) is 90.6 Å². The quantitative estimate of drug-likeness (QED) is 0.101. The fraction of sp³-hybridized carbons (Fsp3) is 0.0333. The highest BCUT2D eigenvalue weighted by molar-refractivity contribution is 6.17. The van der Waals surface area contributed by atoms with E-state index in [-0.39, 0.29) is 61.6 Å². The number of hydrogen-bond donors (Lipinski definition) is 0. The first kappa shape index (κ1) is 89.5. The highest BCUT2D eigenvalue weighted by atomic mass is 19.4. The standard InChI is InChI=1S/C120H58F12N12/c121-117(122,123)99-28-14-29-100(118(124,125)126)115(99)94-57-113(111(55-79(94)64-138)141-103-32-11-9-24-87(103)96-49-67(40-46-105(96)141)81-20-5-1-16-74(81)59-133)142-104-33-12-10-25-88(104)97-50-69(41-47-106(97)142)93-48-68(34-35-78(93)63-137)85-26-13-27-86(98(85)66-140)73-39-45-92-91-44-38-72(84-23-8-4-19-77(84)62-136)53-109(91)144(110(92)54-73)114-58-95(116-101(119(127,128)129)30-15-31-102(116)120(130,131)132)80(65-139)56-112(114)143-107-51-70(82-21-6-2-17-75(82)60-134)36-42-89(107)90-43-37-71(52-108(90)143)83-22-7-3-18-76(83)61-135/h1-58H. The van der Waals surface area contributed by atoms with E-state index in [9.17, 15) is 42.1 Å². The first-order valence-corrected chi connectivity index (χ1v) is 44.7. The van der Waals surface area contributed by atoms with Crippen LogP contribution in [0.4, 0.5) is 52.7 Å². The molecule has 144 heavy (non-hydrogen) atoms. The van der Waals surface area contributed by atoms with Gasteiger partial charge in [0.25, 0.3) is 0 Å². The molecule has 0 amide bonds. The molecule has 24 heteroatoms. The number of nitriles is 8. The molecule has 12 nitrogen and oxygen atoms in total. The molecule has 0 atom stereocenters. The molecule has 4 aromatic heterocycles. The van der Waals surface area contributed by atoms with E-state index in [1.54, 1.807) is 273 Å². The third-order valence-electron chi connectivity index (χ3n) is 26.9. The number of nitrogens with zero attached hydrogens (tertiary/aromatic N) is 12. The topological polar surface area (TPSA) is 210 Å². The first-order chi connectivity index (χ1) is 69.6. The molecule has 682 valence electrons. The van der Waals surface area contributed by atoms with Crippen LogP contribution >= 0.6 is 0 Å². The van der Waals surface area contributed by atoms with Gasteiger partial charge in [-0.25, -0.2) is 0 Å². The minimum Gasteiger partial charge on any atom is -0.307 e. The van der Waals surface area contributed by atoms with Crippen molar-refractivity contribution in [3.05, 3.63) is 419 Å². The van der Waals surface area contributed by atoms with E-state index in [4.69, 9.17) is 0 Å². The molecule has 0 saturated carbocycles. The van der Waals surface area contributed by atoms with Crippen molar-refractivity contribution in [1.29, 1.82) is 42.1 Å². The summed E-state index contributed by atoms with van der Waals surface area (Å²) >= 11 is 0. The minimum absolute atomic E-state index is 0.0137. The van der Waals surface area contributed by atoms with E-state index >= 15 is 52.7 Å². The molecule has 0 spiro atoms. The zero-order valence-electron chi connectivity index (χ0n) is 74.4. The molecule has 0 unspecified atom stereocenters. The molecule has 18 aromatic carbocycles. The largest absolute Gasteiger partial charge is 0.417 e. The monoisotopic (exact) mass is 1890 g/mol. The van der Waals surface area contributed by atoms with E-state index in [2.05, 4.69) is 36.4 Å². The molecular weight excluding hydrogens is 1840 g/mol. The molecule has 0 aliphatic carbocycles. The Labute approximate surface area is 810 Å². The normalized spacial score (nSPS) is 11.8. The van der Waals surface area contributed by atoms with Gasteiger partial charge in [-0.2, -0.15) is 94.8 Å². The summed E-state index contributed by atoms with van der Waals surface area (Å²) in [5.41, 5.74) is -1.32. The summed E-state index contributed by atoms with van der Waals surface area (Å²) in [6.07, 6.45) is -21.7. The van der Waals surface area contributed by atoms with Crippen LogP contribution in [-0.2, 0) is 24.7 Å². The number of fused-ring (bicyclic) bond motifs is 12. The van der Waals surface area contributed by atoms with Gasteiger partial charge in [-0.1, -0.05) is 206 Å². The molecule has 0 aliphatic heterocycles. The SMILES string of the molecule is N#Cc1ccccc1-c1ccc2c(c1)c1ccccc1n2-c1cc(C#N)c(-c2c(C(F)(F)F)cccc2C(F)(F)F)cc1-n1c2ccccc2c2cc(-c3cc(-c4cccc(-c5ccc6c7ccc(-c8ccccc8C#N)cc7n(-c7cc(-c8c(C(F)(F)F)cccc8C(F)(F)F)c(C#N)cc7-n7c8cc(-c9ccccc9C#N)ccc8c8ccc(-c9ccccc9C#N)cc87)c6c5)c4C#N)ccc3C#N)ccc21. The van der Waals surface area contributed by atoms with E-state index < -0.39 is 80.3 Å². The van der Waals surface area contributed by atoms with Gasteiger partial charge >= 0.3 is 24.7 Å². The van der Waals surface area contributed by atoms with Gasteiger partial charge in [-0.15, -0.1) is 0 Å². The summed E-state index contributed by atoms with van der Waals surface area (Å²) in [6, 6.07) is 110. The number of para-hydroxylation sites is 2. The van der Waals surface area contributed by atoms with E-state index in [1.165, 1.54) is 18.2 Å². The fourth-order valence-corrected chi connectivity index (χ4v) is 20.7. The molecular formula is C120H58F12N12. The maximum atomic E-state index is 16.1. The number of hydrogen-bond acceptors (Lipinski definition) is 8. The van der Waals surface area contributed by atoms with Crippen molar-refractivity contribution in [2.24, 2.45) is 0 Å². The Morgan fingerprint density at radius 3 is 0.743 bits per heavy atom. The summed E-state index contributed by atoms with van der Waals surface area (Å²) in [5.74, 6) is 0. The maximum absolute atomic E-state index is 16.1. The maximum Gasteiger partial charge on any atom is 0.417 e. The van der Waals surface area contributed by atoms with Crippen LogP contribution in [0.1, 0.15) is 66.8 Å². The zero-order chi connectivity index (χ0) is 99.8. The fourth-order valence-electron chi connectivity index (χ4n) is 20.7. The van der Waals surface area contributed by atoms with Gasteiger partial charge in [0, 0.05) is 82.0 Å². The van der Waals surface area contributed by atoms with Gasteiger partial charge in [-0.3, -0.25) is 0 Å². The van der Waals surface area contributed by atoms with Gasteiger partial charge < -0.3 is 18.3 Å². The van der Waals surface area contributed by atoms with Crippen LogP contribution in [0.5, 0.6) is 0 Å². The highest BCUT2D eigenvalue weighted by Crippen LogP contribution is 2.54. The van der Waals surface area contributed by atoms with Crippen molar-refractivity contribution in [3.63, 3.8) is 0 Å². The van der Waals surface area contributed by atoms with Crippen molar-refractivity contribution < 1.29 is 52.7 Å². The van der Waals surface area contributed by atoms with Crippen LogP contribution in [-0.4, -0.2) is 18.3 Å². The average Bonchev–Trinajstić information content (AvgIpc) is 1.54. The van der Waals surface area contributed by atoms with Crippen LogP contribution in [0.25, 0.3) is 210 Å². The predicted octanol–water partition coefficient (Wildman–Crippen LogP) is 32.1. The number of benzene rings is 18. The third kappa shape index (κ3) is 14.6. The Balaban J connectivity index is 0.768. The van der Waals surface area contributed by atoms with Crippen molar-refractivity contribution in [3.8, 4) is 171 Å². The van der Waals surface area contributed by atoms with Crippen LogP contribution in [0.3, 0.4) is 0 Å². The molecule has 22 rings (SSSR count). The Bertz CT molecular complexity index is 9560. The lowest BCUT2D eigenvalue weighted by molar-refractivity contribution is -0.143. The lowest BCUT2D eigenvalue weighted by atomic mass is 9.89. The van der Waals surface area contributed by atoms with Gasteiger partial charge in [0.05, 0.1) is 176 Å². The molecule has 0 aliphatic rings. The Morgan fingerprint density at radius 1 is 0.167 bits per heavy atom. The van der Waals surface area contributed by atoms with E-state index in [1.807, 2.05) is 48.5 Å². The Morgan fingerprint density at radius 2 is 0.410 bits per heavy atom. The number of halogens is 12. The van der Waals surface area contributed by atoms with Gasteiger partial charge in [-0.05, 0) is 207 Å². The van der Waals surface area contributed by atoms with Crippen molar-refractivity contribution in [2.45, 2.75) is 24.7 Å². The molecule has 0 N–H and O–H groups in total.